The molecule has 0 atom stereocenters. The zero-order valence-corrected chi connectivity index (χ0v) is 15.1. The molecule has 25 heavy (non-hydrogen) atoms. The molecule has 1 aliphatic carbocycles. The SMILES string of the molecule is COc1cncc(OC2CCC(NS(=O)(=O)N3CCOCC3)CC2)n1. The lowest BCUT2D eigenvalue weighted by molar-refractivity contribution is 0.0719. The van der Waals surface area contributed by atoms with E-state index in [9.17, 15) is 8.42 Å². The van der Waals surface area contributed by atoms with Gasteiger partial charge in [-0.15, -0.1) is 0 Å². The summed E-state index contributed by atoms with van der Waals surface area (Å²) in [6, 6.07) is -0.0657. The van der Waals surface area contributed by atoms with Crippen LogP contribution in [0.4, 0.5) is 0 Å². The van der Waals surface area contributed by atoms with E-state index in [1.165, 1.54) is 17.6 Å². The van der Waals surface area contributed by atoms with E-state index in [1.54, 1.807) is 6.20 Å². The maximum atomic E-state index is 12.4. The van der Waals surface area contributed by atoms with Crippen LogP contribution >= 0.6 is 0 Å². The van der Waals surface area contributed by atoms with Gasteiger partial charge in [0.15, 0.2) is 0 Å². The molecule has 10 heteroatoms. The van der Waals surface area contributed by atoms with E-state index in [2.05, 4.69) is 14.7 Å². The largest absolute Gasteiger partial charge is 0.480 e. The number of hydrogen-bond acceptors (Lipinski definition) is 7. The van der Waals surface area contributed by atoms with Crippen molar-refractivity contribution in [2.24, 2.45) is 0 Å². The highest BCUT2D eigenvalue weighted by atomic mass is 32.2. The second-order valence-corrected chi connectivity index (χ2v) is 7.83. The lowest BCUT2D eigenvalue weighted by atomic mass is 9.94. The van der Waals surface area contributed by atoms with Crippen LogP contribution in [0.1, 0.15) is 25.7 Å². The molecule has 1 aliphatic heterocycles. The van der Waals surface area contributed by atoms with Gasteiger partial charge in [0, 0.05) is 19.1 Å². The van der Waals surface area contributed by atoms with Crippen LogP contribution in [0.25, 0.3) is 0 Å². The molecule has 0 unspecified atom stereocenters. The fourth-order valence-electron chi connectivity index (χ4n) is 3.03. The van der Waals surface area contributed by atoms with Crippen LogP contribution < -0.4 is 14.2 Å². The summed E-state index contributed by atoms with van der Waals surface area (Å²) < 4.78 is 45.1. The van der Waals surface area contributed by atoms with E-state index in [1.807, 2.05) is 0 Å². The molecule has 9 nitrogen and oxygen atoms in total. The zero-order valence-electron chi connectivity index (χ0n) is 14.3. The molecule has 1 saturated carbocycles. The lowest BCUT2D eigenvalue weighted by Crippen LogP contribution is -2.50. The van der Waals surface area contributed by atoms with Crippen molar-refractivity contribution in [1.29, 1.82) is 0 Å². The number of rotatable bonds is 6. The van der Waals surface area contributed by atoms with Gasteiger partial charge < -0.3 is 14.2 Å². The van der Waals surface area contributed by atoms with E-state index in [0.29, 0.717) is 38.1 Å². The predicted molar refractivity (Wildman–Crippen MR) is 89.7 cm³/mol. The van der Waals surface area contributed by atoms with Crippen LogP contribution in [-0.4, -0.2) is 68.2 Å². The van der Waals surface area contributed by atoms with Gasteiger partial charge in [0.25, 0.3) is 10.2 Å². The first-order chi connectivity index (χ1) is 12.1. The Bertz CT molecular complexity index is 658. The van der Waals surface area contributed by atoms with Crippen molar-refractivity contribution in [2.45, 2.75) is 37.8 Å². The molecule has 0 radical (unpaired) electrons. The van der Waals surface area contributed by atoms with Gasteiger partial charge >= 0.3 is 0 Å². The van der Waals surface area contributed by atoms with Gasteiger partial charge in [-0.05, 0) is 25.7 Å². The Kier molecular flexibility index (Phi) is 6.05. The molecule has 0 amide bonds. The standard InChI is InChI=1S/C15H24N4O5S/c1-22-14-10-16-11-15(17-14)24-13-4-2-12(3-5-13)18-25(20,21)19-6-8-23-9-7-19/h10-13,18H,2-9H2,1H3. The molecule has 2 heterocycles. The van der Waals surface area contributed by atoms with Gasteiger partial charge in [0.05, 0.1) is 32.7 Å². The number of morpholine rings is 1. The number of hydrogen-bond donors (Lipinski definition) is 1. The van der Waals surface area contributed by atoms with Crippen LogP contribution in [0.2, 0.25) is 0 Å². The van der Waals surface area contributed by atoms with Gasteiger partial charge in [0.2, 0.25) is 11.8 Å². The van der Waals surface area contributed by atoms with Crippen LogP contribution in [0, 0.1) is 0 Å². The Hall–Kier alpha value is -1.49. The summed E-state index contributed by atoms with van der Waals surface area (Å²) in [6.45, 7) is 1.71. The summed E-state index contributed by atoms with van der Waals surface area (Å²) in [6.07, 6.45) is 6.05. The van der Waals surface area contributed by atoms with Crippen LogP contribution in [-0.2, 0) is 14.9 Å². The molecule has 1 saturated heterocycles. The highest BCUT2D eigenvalue weighted by Crippen LogP contribution is 2.24. The van der Waals surface area contributed by atoms with Crippen molar-refractivity contribution in [2.75, 3.05) is 33.4 Å². The maximum Gasteiger partial charge on any atom is 0.279 e. The Morgan fingerprint density at radius 1 is 1.16 bits per heavy atom. The molecular formula is C15H24N4O5S. The molecular weight excluding hydrogens is 348 g/mol. The minimum absolute atomic E-state index is 0.00514. The third-order valence-corrected chi connectivity index (χ3v) is 6.06. The highest BCUT2D eigenvalue weighted by molar-refractivity contribution is 7.87. The van der Waals surface area contributed by atoms with Crippen LogP contribution in [0.5, 0.6) is 11.8 Å². The Morgan fingerprint density at radius 2 is 1.84 bits per heavy atom. The van der Waals surface area contributed by atoms with Gasteiger partial charge in [-0.2, -0.15) is 22.4 Å². The zero-order chi connectivity index (χ0) is 17.7. The number of methoxy groups -OCH3 is 1. The molecule has 0 bridgehead atoms. The third-order valence-electron chi connectivity index (χ3n) is 4.39. The first kappa shape index (κ1) is 18.3. The number of nitrogens with zero attached hydrogens (tertiary/aromatic N) is 3. The van der Waals surface area contributed by atoms with Gasteiger partial charge in [-0.1, -0.05) is 0 Å². The molecule has 2 fully saturated rings. The summed E-state index contributed by atoms with van der Waals surface area (Å²) in [5, 5.41) is 0. The maximum absolute atomic E-state index is 12.4. The predicted octanol–water partition coefficient (Wildman–Crippen LogP) is 0.342. The monoisotopic (exact) mass is 372 g/mol. The Balaban J connectivity index is 1.48. The Morgan fingerprint density at radius 3 is 2.52 bits per heavy atom. The summed E-state index contributed by atoms with van der Waals surface area (Å²) in [7, 11) is -1.92. The topological polar surface area (TPSA) is 103 Å². The van der Waals surface area contributed by atoms with E-state index >= 15 is 0 Å². The Labute approximate surface area is 147 Å². The number of aromatic nitrogens is 2. The average molecular weight is 372 g/mol. The van der Waals surface area contributed by atoms with E-state index in [-0.39, 0.29) is 12.1 Å². The first-order valence-electron chi connectivity index (χ1n) is 8.44. The van der Waals surface area contributed by atoms with Crippen molar-refractivity contribution < 1.29 is 22.6 Å². The minimum atomic E-state index is -3.44. The third kappa shape index (κ3) is 5.00. The van der Waals surface area contributed by atoms with Crippen LogP contribution in [0.15, 0.2) is 12.4 Å². The minimum Gasteiger partial charge on any atom is -0.480 e. The quantitative estimate of drug-likeness (QED) is 0.768. The summed E-state index contributed by atoms with van der Waals surface area (Å²) in [5.74, 6) is 0.834. The second-order valence-electron chi connectivity index (χ2n) is 6.13. The van der Waals surface area contributed by atoms with E-state index in [4.69, 9.17) is 14.2 Å². The molecule has 1 N–H and O–H groups in total. The van der Waals surface area contributed by atoms with Crippen molar-refractivity contribution in [3.8, 4) is 11.8 Å². The van der Waals surface area contributed by atoms with E-state index in [0.717, 1.165) is 25.7 Å². The first-order valence-corrected chi connectivity index (χ1v) is 9.88. The lowest BCUT2D eigenvalue weighted by Gasteiger charge is -2.32. The van der Waals surface area contributed by atoms with Gasteiger partial charge in [0.1, 0.15) is 6.10 Å². The van der Waals surface area contributed by atoms with Crippen molar-refractivity contribution in [3.05, 3.63) is 12.4 Å². The fourth-order valence-corrected chi connectivity index (χ4v) is 4.46. The molecule has 0 spiro atoms. The summed E-state index contributed by atoms with van der Waals surface area (Å²) in [4.78, 5) is 8.20. The molecule has 2 aliphatic rings. The molecule has 0 aromatic carbocycles. The normalized spacial score (nSPS) is 25.5. The summed E-state index contributed by atoms with van der Waals surface area (Å²) in [5.41, 5.74) is 0. The molecule has 1 aromatic rings. The van der Waals surface area contributed by atoms with Crippen LogP contribution in [0.3, 0.4) is 0 Å². The van der Waals surface area contributed by atoms with Gasteiger partial charge in [-0.25, -0.2) is 0 Å². The average Bonchev–Trinajstić information content (AvgIpc) is 2.64. The van der Waals surface area contributed by atoms with Crippen molar-refractivity contribution >= 4 is 10.2 Å². The number of nitrogens with one attached hydrogen (secondary N) is 1. The number of ether oxygens (including phenoxy) is 3. The van der Waals surface area contributed by atoms with Crippen molar-refractivity contribution in [1.82, 2.24) is 19.0 Å². The smallest absolute Gasteiger partial charge is 0.279 e. The second kappa shape index (κ2) is 8.26. The fraction of sp³-hybridized carbons (Fsp3) is 0.733. The van der Waals surface area contributed by atoms with Gasteiger partial charge in [-0.3, -0.25) is 4.98 Å². The molecule has 1 aromatic heterocycles. The summed E-state index contributed by atoms with van der Waals surface area (Å²) >= 11 is 0. The molecule has 3 rings (SSSR count). The van der Waals surface area contributed by atoms with E-state index < -0.39 is 10.2 Å². The van der Waals surface area contributed by atoms with Crippen molar-refractivity contribution in [3.63, 3.8) is 0 Å². The highest BCUT2D eigenvalue weighted by Gasteiger charge is 2.30. The molecule has 140 valence electrons.